The zero-order chi connectivity index (χ0) is 31.5. The van der Waals surface area contributed by atoms with Crippen molar-refractivity contribution in [2.75, 3.05) is 13.7 Å². The van der Waals surface area contributed by atoms with Crippen LogP contribution in [0.25, 0.3) is 6.08 Å². The van der Waals surface area contributed by atoms with E-state index < -0.39 is 12.0 Å². The third-order valence-corrected chi connectivity index (χ3v) is 8.80. The molecule has 1 aromatic heterocycles. The summed E-state index contributed by atoms with van der Waals surface area (Å²) in [5.41, 5.74) is 4.10. The third kappa shape index (κ3) is 6.48. The average molecular weight is 652 g/mol. The van der Waals surface area contributed by atoms with Crippen LogP contribution < -0.4 is 24.4 Å². The number of hydrogen-bond acceptors (Lipinski definition) is 7. The van der Waals surface area contributed by atoms with Crippen LogP contribution in [0.2, 0.25) is 10.0 Å². The lowest BCUT2D eigenvalue weighted by atomic mass is 9.93. The van der Waals surface area contributed by atoms with E-state index in [9.17, 15) is 9.59 Å². The van der Waals surface area contributed by atoms with E-state index in [1.54, 1.807) is 48.8 Å². The molecule has 0 amide bonds. The molecule has 0 spiro atoms. The van der Waals surface area contributed by atoms with E-state index in [1.165, 1.54) is 18.4 Å². The molecule has 1 aliphatic heterocycles. The SMILES string of the molecule is CCOC(=O)C1=C(C)N=c2sc(=Cc3cc(Cl)c(OCc4ccc(Cl)cc4)c(OC)c3)c(=O)n2C1c1ccc(C(C)C)cc1. The lowest BCUT2D eigenvalue weighted by Gasteiger charge is -2.25. The van der Waals surface area contributed by atoms with Gasteiger partial charge >= 0.3 is 5.97 Å². The zero-order valence-corrected chi connectivity index (χ0v) is 27.3. The van der Waals surface area contributed by atoms with E-state index in [0.29, 0.717) is 53.6 Å². The van der Waals surface area contributed by atoms with Crippen molar-refractivity contribution < 1.29 is 19.0 Å². The second kappa shape index (κ2) is 13.4. The van der Waals surface area contributed by atoms with Crippen molar-refractivity contribution in [3.05, 3.63) is 124 Å². The monoisotopic (exact) mass is 650 g/mol. The Morgan fingerprint density at radius 2 is 1.80 bits per heavy atom. The maximum atomic E-state index is 14.0. The maximum Gasteiger partial charge on any atom is 0.338 e. The van der Waals surface area contributed by atoms with Gasteiger partial charge in [0.05, 0.1) is 40.6 Å². The number of methoxy groups -OCH3 is 1. The molecule has 0 N–H and O–H groups in total. The standard InChI is InChI=1S/C34H32Cl2N2O5S/c1-6-42-33(40)29-20(4)37-34-38(30(29)24-11-9-23(10-12-24)19(2)3)32(39)28(44-34)17-22-15-26(36)31(27(16-22)41-5)43-18-21-7-13-25(35)14-8-21/h7-17,19,30H,6,18H2,1-5H3. The van der Waals surface area contributed by atoms with Gasteiger partial charge in [-0.25, -0.2) is 9.79 Å². The number of halogens is 2. The number of benzene rings is 3. The summed E-state index contributed by atoms with van der Waals surface area (Å²) in [5.74, 6) is 0.661. The molecule has 1 unspecified atom stereocenters. The predicted molar refractivity (Wildman–Crippen MR) is 175 cm³/mol. The highest BCUT2D eigenvalue weighted by molar-refractivity contribution is 7.07. The Hall–Kier alpha value is -3.85. The van der Waals surface area contributed by atoms with Crippen molar-refractivity contribution in [2.45, 2.75) is 46.3 Å². The van der Waals surface area contributed by atoms with Gasteiger partial charge in [0.1, 0.15) is 6.61 Å². The molecule has 0 fully saturated rings. The Morgan fingerprint density at radius 1 is 1.09 bits per heavy atom. The van der Waals surface area contributed by atoms with Gasteiger partial charge in [0.2, 0.25) is 0 Å². The van der Waals surface area contributed by atoms with Gasteiger partial charge in [0.25, 0.3) is 5.56 Å². The van der Waals surface area contributed by atoms with E-state index in [2.05, 4.69) is 18.8 Å². The van der Waals surface area contributed by atoms with Crippen molar-refractivity contribution in [1.82, 2.24) is 4.57 Å². The van der Waals surface area contributed by atoms with Crippen molar-refractivity contribution in [1.29, 1.82) is 0 Å². The van der Waals surface area contributed by atoms with Crippen LogP contribution in [0.15, 0.2) is 81.7 Å². The highest BCUT2D eigenvalue weighted by atomic mass is 35.5. The largest absolute Gasteiger partial charge is 0.493 e. The van der Waals surface area contributed by atoms with E-state index >= 15 is 0 Å². The van der Waals surface area contributed by atoms with Crippen molar-refractivity contribution >= 4 is 46.6 Å². The number of carbonyl (C=O) groups excluding carboxylic acids is 1. The molecule has 0 saturated carbocycles. The summed E-state index contributed by atoms with van der Waals surface area (Å²) < 4.78 is 19.0. The first kappa shape index (κ1) is 31.6. The first-order chi connectivity index (χ1) is 21.1. The number of thiazole rings is 1. The molecule has 0 bridgehead atoms. The first-order valence-electron chi connectivity index (χ1n) is 14.2. The molecule has 1 aliphatic rings. The number of nitrogens with zero attached hydrogens (tertiary/aromatic N) is 2. The minimum absolute atomic E-state index is 0.209. The fourth-order valence-corrected chi connectivity index (χ4v) is 6.47. The van der Waals surface area contributed by atoms with E-state index in [-0.39, 0.29) is 18.8 Å². The molecule has 0 saturated heterocycles. The van der Waals surface area contributed by atoms with Crippen LogP contribution in [-0.2, 0) is 16.1 Å². The van der Waals surface area contributed by atoms with Gasteiger partial charge in [0.15, 0.2) is 16.3 Å². The molecule has 10 heteroatoms. The van der Waals surface area contributed by atoms with Crippen LogP contribution in [0.4, 0.5) is 0 Å². The lowest BCUT2D eigenvalue weighted by Crippen LogP contribution is -2.39. The molecule has 4 aromatic rings. The molecule has 44 heavy (non-hydrogen) atoms. The van der Waals surface area contributed by atoms with E-state index in [4.69, 9.17) is 37.4 Å². The van der Waals surface area contributed by atoms with Crippen molar-refractivity contribution in [3.8, 4) is 11.5 Å². The Bertz CT molecular complexity index is 1910. The van der Waals surface area contributed by atoms with Gasteiger partial charge in [-0.3, -0.25) is 9.36 Å². The highest BCUT2D eigenvalue weighted by Crippen LogP contribution is 2.37. The van der Waals surface area contributed by atoms with Gasteiger partial charge in [-0.15, -0.1) is 0 Å². The number of allylic oxidation sites excluding steroid dienone is 1. The maximum absolute atomic E-state index is 14.0. The Labute approximate surface area is 269 Å². The molecule has 5 rings (SSSR count). The summed E-state index contributed by atoms with van der Waals surface area (Å²) >= 11 is 13.9. The molecule has 7 nitrogen and oxygen atoms in total. The fourth-order valence-electron chi connectivity index (χ4n) is 5.02. The highest BCUT2D eigenvalue weighted by Gasteiger charge is 2.33. The third-order valence-electron chi connectivity index (χ3n) is 7.28. The second-order valence-electron chi connectivity index (χ2n) is 10.6. The molecule has 1 atom stereocenters. The number of carbonyl (C=O) groups is 1. The Kier molecular flexibility index (Phi) is 9.63. The summed E-state index contributed by atoms with van der Waals surface area (Å²) in [4.78, 5) is 32.3. The van der Waals surface area contributed by atoms with Crippen LogP contribution in [-0.4, -0.2) is 24.3 Å². The van der Waals surface area contributed by atoms with Gasteiger partial charge in [-0.05, 0) is 72.4 Å². The number of esters is 1. The van der Waals surface area contributed by atoms with Crippen molar-refractivity contribution in [2.24, 2.45) is 4.99 Å². The number of fused-ring (bicyclic) bond motifs is 1. The Morgan fingerprint density at radius 3 is 2.43 bits per heavy atom. The number of aromatic nitrogens is 1. The molecule has 2 heterocycles. The van der Waals surface area contributed by atoms with Gasteiger partial charge in [0, 0.05) is 5.02 Å². The predicted octanol–water partition coefficient (Wildman–Crippen LogP) is 6.82. The van der Waals surface area contributed by atoms with Crippen molar-refractivity contribution in [3.63, 3.8) is 0 Å². The van der Waals surface area contributed by atoms with E-state index in [0.717, 1.165) is 16.7 Å². The Balaban J connectivity index is 1.57. The summed E-state index contributed by atoms with van der Waals surface area (Å²) in [6.07, 6.45) is 1.74. The first-order valence-corrected chi connectivity index (χ1v) is 15.7. The van der Waals surface area contributed by atoms with Crippen LogP contribution >= 0.6 is 34.5 Å². The van der Waals surface area contributed by atoms with Gasteiger partial charge in [-0.1, -0.05) is 84.8 Å². The van der Waals surface area contributed by atoms with E-state index in [1.807, 2.05) is 36.4 Å². The average Bonchev–Trinajstić information content (AvgIpc) is 3.30. The quantitative estimate of drug-likeness (QED) is 0.186. The van der Waals surface area contributed by atoms with Crippen LogP contribution in [0.5, 0.6) is 11.5 Å². The smallest absolute Gasteiger partial charge is 0.338 e. The van der Waals surface area contributed by atoms with Gasteiger partial charge < -0.3 is 14.2 Å². The summed E-state index contributed by atoms with van der Waals surface area (Å²) in [7, 11) is 1.53. The fraction of sp³-hybridized carbons (Fsp3) is 0.265. The molecule has 0 radical (unpaired) electrons. The zero-order valence-electron chi connectivity index (χ0n) is 25.0. The molecular weight excluding hydrogens is 619 g/mol. The van der Waals surface area contributed by atoms with Crippen LogP contribution in [0.1, 0.15) is 61.9 Å². The number of rotatable bonds is 9. The normalized spacial score (nSPS) is 14.8. The second-order valence-corrected chi connectivity index (χ2v) is 12.4. The topological polar surface area (TPSA) is 79.1 Å². The molecular formula is C34H32Cl2N2O5S. The number of hydrogen-bond donors (Lipinski definition) is 0. The lowest BCUT2D eigenvalue weighted by molar-refractivity contribution is -0.139. The minimum Gasteiger partial charge on any atom is -0.493 e. The minimum atomic E-state index is -0.685. The molecule has 3 aromatic carbocycles. The summed E-state index contributed by atoms with van der Waals surface area (Å²) in [5, 5.41) is 0.975. The summed E-state index contributed by atoms with van der Waals surface area (Å²) in [6, 6.07) is 18.1. The van der Waals surface area contributed by atoms with Crippen LogP contribution in [0.3, 0.4) is 0 Å². The molecule has 0 aliphatic carbocycles. The number of ether oxygens (including phenoxy) is 3. The van der Waals surface area contributed by atoms with Crippen LogP contribution in [0, 0.1) is 0 Å². The van der Waals surface area contributed by atoms with Gasteiger partial charge in [-0.2, -0.15) is 0 Å². The molecule has 228 valence electrons. The summed E-state index contributed by atoms with van der Waals surface area (Å²) in [6.45, 7) is 8.24.